The Morgan fingerprint density at radius 1 is 1.35 bits per heavy atom. The average molecular weight is 293 g/mol. The first kappa shape index (κ1) is 16.3. The largest absolute Gasteiger partial charge is 0.455 e. The second-order valence-corrected chi connectivity index (χ2v) is 5.31. The van der Waals surface area contributed by atoms with Crippen LogP contribution in [0.5, 0.6) is 0 Å². The van der Waals surface area contributed by atoms with Crippen LogP contribution in [-0.4, -0.2) is 30.0 Å². The molecule has 108 valence electrons. The number of esters is 1. The number of hydrogen-bond acceptors (Lipinski definition) is 4. The van der Waals surface area contributed by atoms with Crippen molar-refractivity contribution in [3.8, 4) is 0 Å². The highest BCUT2D eigenvalue weighted by molar-refractivity contribution is 8.00. The third kappa shape index (κ3) is 5.48. The summed E-state index contributed by atoms with van der Waals surface area (Å²) in [7, 11) is 0. The maximum atomic E-state index is 11.7. The topological polar surface area (TPSA) is 55.4 Å². The minimum absolute atomic E-state index is 0.225. The van der Waals surface area contributed by atoms with Gasteiger partial charge in [0.1, 0.15) is 0 Å². The van der Waals surface area contributed by atoms with E-state index in [-0.39, 0.29) is 18.3 Å². The van der Waals surface area contributed by atoms with E-state index in [1.54, 1.807) is 6.08 Å². The van der Waals surface area contributed by atoms with Gasteiger partial charge in [0.25, 0.3) is 5.91 Å². The number of amides is 1. The van der Waals surface area contributed by atoms with Crippen molar-refractivity contribution in [1.82, 2.24) is 0 Å². The van der Waals surface area contributed by atoms with Crippen LogP contribution in [0.4, 0.5) is 5.69 Å². The van der Waals surface area contributed by atoms with E-state index in [0.717, 1.165) is 16.8 Å². The molecule has 0 fully saturated rings. The predicted molar refractivity (Wildman–Crippen MR) is 83.0 cm³/mol. The molecule has 0 heterocycles. The van der Waals surface area contributed by atoms with Crippen LogP contribution < -0.4 is 5.32 Å². The van der Waals surface area contributed by atoms with E-state index in [0.29, 0.717) is 5.75 Å². The lowest BCUT2D eigenvalue weighted by Gasteiger charge is -2.11. The number of aryl methyl sites for hydroxylation is 2. The van der Waals surface area contributed by atoms with Gasteiger partial charge in [0.15, 0.2) is 6.61 Å². The van der Waals surface area contributed by atoms with Gasteiger partial charge in [0, 0.05) is 11.4 Å². The lowest BCUT2D eigenvalue weighted by Crippen LogP contribution is -2.22. The highest BCUT2D eigenvalue weighted by Crippen LogP contribution is 2.19. The Morgan fingerprint density at radius 2 is 2.00 bits per heavy atom. The second kappa shape index (κ2) is 8.43. The number of carbonyl (C=O) groups is 2. The molecule has 0 unspecified atom stereocenters. The number of benzene rings is 1. The summed E-state index contributed by atoms with van der Waals surface area (Å²) in [6.45, 7) is 7.13. The summed E-state index contributed by atoms with van der Waals surface area (Å²) in [5.41, 5.74) is 2.73. The van der Waals surface area contributed by atoms with Crippen molar-refractivity contribution in [3.63, 3.8) is 0 Å². The molecule has 0 spiro atoms. The van der Waals surface area contributed by atoms with Crippen molar-refractivity contribution in [1.29, 1.82) is 0 Å². The molecule has 0 atom stereocenters. The molecule has 0 radical (unpaired) electrons. The molecule has 5 heteroatoms. The first-order chi connectivity index (χ1) is 9.54. The molecular weight excluding hydrogens is 274 g/mol. The highest BCUT2D eigenvalue weighted by Gasteiger charge is 2.10. The second-order valence-electron chi connectivity index (χ2n) is 4.28. The molecule has 0 saturated carbocycles. The van der Waals surface area contributed by atoms with Gasteiger partial charge < -0.3 is 10.1 Å². The first-order valence-electron chi connectivity index (χ1n) is 6.25. The van der Waals surface area contributed by atoms with Crippen LogP contribution in [0.2, 0.25) is 0 Å². The number of ether oxygens (including phenoxy) is 1. The van der Waals surface area contributed by atoms with Crippen LogP contribution in [-0.2, 0) is 14.3 Å². The van der Waals surface area contributed by atoms with Gasteiger partial charge in [-0.25, -0.2) is 0 Å². The predicted octanol–water partition coefficient (Wildman–Crippen LogP) is 2.70. The summed E-state index contributed by atoms with van der Waals surface area (Å²) in [5.74, 6) is 0.185. The van der Waals surface area contributed by atoms with Gasteiger partial charge in [-0.05, 0) is 25.0 Å². The maximum Gasteiger partial charge on any atom is 0.316 e. The van der Waals surface area contributed by atoms with Gasteiger partial charge in [0.2, 0.25) is 0 Å². The average Bonchev–Trinajstić information content (AvgIpc) is 2.41. The number of hydrogen-bond donors (Lipinski definition) is 1. The van der Waals surface area contributed by atoms with Crippen molar-refractivity contribution in [2.24, 2.45) is 0 Å². The van der Waals surface area contributed by atoms with Crippen molar-refractivity contribution >= 4 is 29.3 Å². The number of para-hydroxylation sites is 1. The first-order valence-corrected chi connectivity index (χ1v) is 7.40. The fourth-order valence-electron chi connectivity index (χ4n) is 1.60. The number of anilines is 1. The zero-order chi connectivity index (χ0) is 15.0. The molecule has 4 nitrogen and oxygen atoms in total. The molecule has 0 saturated heterocycles. The van der Waals surface area contributed by atoms with Gasteiger partial charge in [-0.2, -0.15) is 0 Å². The number of thioether (sulfide) groups is 1. The minimum atomic E-state index is -0.395. The lowest BCUT2D eigenvalue weighted by molar-refractivity contribution is -0.144. The van der Waals surface area contributed by atoms with Crippen LogP contribution in [0.15, 0.2) is 30.9 Å². The van der Waals surface area contributed by atoms with E-state index < -0.39 is 5.97 Å². The van der Waals surface area contributed by atoms with Crippen LogP contribution in [0.3, 0.4) is 0 Å². The van der Waals surface area contributed by atoms with E-state index >= 15 is 0 Å². The number of nitrogens with one attached hydrogen (secondary N) is 1. The van der Waals surface area contributed by atoms with Crippen LogP contribution in [0.25, 0.3) is 0 Å². The molecule has 20 heavy (non-hydrogen) atoms. The fourth-order valence-corrected chi connectivity index (χ4v) is 2.13. The summed E-state index contributed by atoms with van der Waals surface area (Å²) in [6.07, 6.45) is 1.71. The highest BCUT2D eigenvalue weighted by atomic mass is 32.2. The summed E-state index contributed by atoms with van der Waals surface area (Å²) >= 11 is 1.40. The summed E-state index contributed by atoms with van der Waals surface area (Å²) in [6, 6.07) is 5.76. The molecule has 1 N–H and O–H groups in total. The van der Waals surface area contributed by atoms with Crippen LogP contribution in [0.1, 0.15) is 11.1 Å². The van der Waals surface area contributed by atoms with Crippen molar-refractivity contribution in [2.75, 3.05) is 23.4 Å². The molecule has 1 amide bonds. The molecule has 0 aromatic heterocycles. The molecular formula is C15H19NO3S. The van der Waals surface area contributed by atoms with E-state index in [4.69, 9.17) is 4.74 Å². The minimum Gasteiger partial charge on any atom is -0.455 e. The summed E-state index contributed by atoms with van der Waals surface area (Å²) < 4.78 is 4.90. The Hall–Kier alpha value is -1.75. The Kier molecular flexibility index (Phi) is 6.87. The van der Waals surface area contributed by atoms with Crippen molar-refractivity contribution < 1.29 is 14.3 Å². The molecule has 0 bridgehead atoms. The van der Waals surface area contributed by atoms with Crippen molar-refractivity contribution in [2.45, 2.75) is 13.8 Å². The summed E-state index contributed by atoms with van der Waals surface area (Å²) in [5, 5.41) is 2.76. The van der Waals surface area contributed by atoms with E-state index in [9.17, 15) is 9.59 Å². The van der Waals surface area contributed by atoms with Gasteiger partial charge in [0.05, 0.1) is 5.75 Å². The lowest BCUT2D eigenvalue weighted by atomic mass is 10.1. The zero-order valence-corrected chi connectivity index (χ0v) is 12.6. The van der Waals surface area contributed by atoms with Gasteiger partial charge in [-0.15, -0.1) is 18.3 Å². The molecule has 0 aliphatic rings. The third-order valence-electron chi connectivity index (χ3n) is 2.57. The summed E-state index contributed by atoms with van der Waals surface area (Å²) in [4.78, 5) is 23.1. The van der Waals surface area contributed by atoms with E-state index in [2.05, 4.69) is 11.9 Å². The SMILES string of the molecule is C=CCSCC(=O)OCC(=O)Nc1c(C)cccc1C. The Morgan fingerprint density at radius 3 is 2.60 bits per heavy atom. The van der Waals surface area contributed by atoms with Gasteiger partial charge in [-0.1, -0.05) is 24.3 Å². The van der Waals surface area contributed by atoms with Crippen LogP contribution in [0, 0.1) is 13.8 Å². The molecule has 1 aromatic carbocycles. The maximum absolute atomic E-state index is 11.7. The molecule has 0 aliphatic heterocycles. The Bertz CT molecular complexity index is 480. The van der Waals surface area contributed by atoms with Gasteiger partial charge >= 0.3 is 5.97 Å². The zero-order valence-electron chi connectivity index (χ0n) is 11.8. The van der Waals surface area contributed by atoms with E-state index in [1.165, 1.54) is 11.8 Å². The quantitative estimate of drug-likeness (QED) is 0.477. The Balaban J connectivity index is 2.40. The van der Waals surface area contributed by atoms with Crippen LogP contribution >= 0.6 is 11.8 Å². The van der Waals surface area contributed by atoms with Gasteiger partial charge in [-0.3, -0.25) is 9.59 Å². The molecule has 1 aromatic rings. The third-order valence-corrected chi connectivity index (χ3v) is 3.48. The standard InChI is InChI=1S/C15H19NO3S/c1-4-8-20-10-14(18)19-9-13(17)16-15-11(2)6-5-7-12(15)3/h4-7H,1,8-10H2,2-3H3,(H,16,17). The number of carbonyl (C=O) groups excluding carboxylic acids is 2. The fraction of sp³-hybridized carbons (Fsp3) is 0.333. The molecule has 1 rings (SSSR count). The Labute approximate surface area is 123 Å². The molecule has 0 aliphatic carbocycles. The number of rotatable bonds is 7. The normalized spacial score (nSPS) is 9.90. The van der Waals surface area contributed by atoms with Crippen molar-refractivity contribution in [3.05, 3.63) is 42.0 Å². The smallest absolute Gasteiger partial charge is 0.316 e. The van der Waals surface area contributed by atoms with E-state index in [1.807, 2.05) is 32.0 Å². The monoisotopic (exact) mass is 293 g/mol.